The normalized spacial score (nSPS) is 12.8. The maximum atomic E-state index is 5.80. The van der Waals surface area contributed by atoms with Crippen LogP contribution in [0, 0.1) is 6.92 Å². The number of aryl methyl sites for hydroxylation is 1. The van der Waals surface area contributed by atoms with Gasteiger partial charge in [-0.05, 0) is 36.2 Å². The van der Waals surface area contributed by atoms with E-state index in [9.17, 15) is 0 Å². The highest BCUT2D eigenvalue weighted by Gasteiger charge is 2.16. The number of nitrogen functional groups attached to an aromatic ring is 1. The van der Waals surface area contributed by atoms with E-state index in [0.29, 0.717) is 18.2 Å². The van der Waals surface area contributed by atoms with Crippen LogP contribution in [0.15, 0.2) is 4.47 Å². The van der Waals surface area contributed by atoms with Crippen molar-refractivity contribution >= 4 is 21.7 Å². The van der Waals surface area contributed by atoms with Gasteiger partial charge < -0.3 is 10.5 Å². The molecule has 1 rings (SSSR count). The van der Waals surface area contributed by atoms with Gasteiger partial charge in [0.1, 0.15) is 11.9 Å². The van der Waals surface area contributed by atoms with Crippen LogP contribution in [0.25, 0.3) is 0 Å². The lowest BCUT2D eigenvalue weighted by Crippen LogP contribution is -2.11. The van der Waals surface area contributed by atoms with Gasteiger partial charge in [-0.3, -0.25) is 0 Å². The lowest BCUT2D eigenvalue weighted by molar-refractivity contribution is 0.0493. The zero-order chi connectivity index (χ0) is 12.1. The molecule has 0 aliphatic rings. The lowest BCUT2D eigenvalue weighted by atomic mass is 10.2. The first-order chi connectivity index (χ1) is 7.60. The van der Waals surface area contributed by atoms with E-state index in [1.165, 1.54) is 0 Å². The third-order valence-corrected chi connectivity index (χ3v) is 3.25. The monoisotopic (exact) mass is 287 g/mol. The Morgan fingerprint density at radius 3 is 2.56 bits per heavy atom. The molecule has 16 heavy (non-hydrogen) atoms. The van der Waals surface area contributed by atoms with E-state index < -0.39 is 0 Å². The second kappa shape index (κ2) is 6.15. The maximum Gasteiger partial charge on any atom is 0.159 e. The number of aromatic nitrogens is 2. The van der Waals surface area contributed by atoms with Gasteiger partial charge in [-0.2, -0.15) is 0 Å². The van der Waals surface area contributed by atoms with Crippen molar-refractivity contribution in [3.8, 4) is 0 Å². The van der Waals surface area contributed by atoms with E-state index in [1.807, 2.05) is 13.8 Å². The van der Waals surface area contributed by atoms with Crippen LogP contribution in [0.1, 0.15) is 44.3 Å². The molecule has 1 atom stereocenters. The summed E-state index contributed by atoms with van der Waals surface area (Å²) in [6.45, 7) is 6.64. The van der Waals surface area contributed by atoms with Gasteiger partial charge in [-0.25, -0.2) is 9.97 Å². The Hall–Kier alpha value is -0.680. The molecule has 0 radical (unpaired) electrons. The standard InChI is InChI=1S/C11H18BrN3O/c1-4-6-8(16-5-2)11-14-7(3)9(12)10(13)15-11/h8H,4-6H2,1-3H3,(H2,13,14,15). The number of ether oxygens (including phenoxy) is 1. The zero-order valence-electron chi connectivity index (χ0n) is 9.96. The molecule has 0 bridgehead atoms. The molecule has 0 saturated heterocycles. The second-order valence-corrected chi connectivity index (χ2v) is 4.39. The molecule has 1 aromatic rings. The Balaban J connectivity index is 3.00. The first-order valence-electron chi connectivity index (χ1n) is 5.51. The second-order valence-electron chi connectivity index (χ2n) is 3.60. The summed E-state index contributed by atoms with van der Waals surface area (Å²) in [5.41, 5.74) is 6.65. The summed E-state index contributed by atoms with van der Waals surface area (Å²) in [5, 5.41) is 0. The molecule has 1 unspecified atom stereocenters. The smallest absolute Gasteiger partial charge is 0.159 e. The van der Waals surface area contributed by atoms with Crippen molar-refractivity contribution < 1.29 is 4.74 Å². The van der Waals surface area contributed by atoms with Crippen LogP contribution in [0.4, 0.5) is 5.82 Å². The van der Waals surface area contributed by atoms with Crippen molar-refractivity contribution in [2.24, 2.45) is 0 Å². The number of nitrogens with two attached hydrogens (primary N) is 1. The average molecular weight is 288 g/mol. The average Bonchev–Trinajstić information content (AvgIpc) is 2.25. The Morgan fingerprint density at radius 1 is 1.38 bits per heavy atom. The van der Waals surface area contributed by atoms with Crippen molar-refractivity contribution in [2.75, 3.05) is 12.3 Å². The van der Waals surface area contributed by atoms with Gasteiger partial charge in [0.05, 0.1) is 10.2 Å². The highest BCUT2D eigenvalue weighted by molar-refractivity contribution is 9.10. The van der Waals surface area contributed by atoms with Gasteiger partial charge in [0, 0.05) is 6.61 Å². The minimum Gasteiger partial charge on any atom is -0.383 e. The first kappa shape index (κ1) is 13.4. The molecule has 0 spiro atoms. The fourth-order valence-corrected chi connectivity index (χ4v) is 1.68. The molecule has 0 aliphatic heterocycles. The Kier molecular flexibility index (Phi) is 5.15. The van der Waals surface area contributed by atoms with Crippen LogP contribution in [0.5, 0.6) is 0 Å². The van der Waals surface area contributed by atoms with Crippen molar-refractivity contribution in [2.45, 2.75) is 39.7 Å². The van der Waals surface area contributed by atoms with E-state index >= 15 is 0 Å². The van der Waals surface area contributed by atoms with Crippen LogP contribution < -0.4 is 5.73 Å². The molecule has 1 heterocycles. The summed E-state index contributed by atoms with van der Waals surface area (Å²) in [4.78, 5) is 8.67. The maximum absolute atomic E-state index is 5.80. The number of hydrogen-bond acceptors (Lipinski definition) is 4. The van der Waals surface area contributed by atoms with Gasteiger partial charge in [-0.1, -0.05) is 13.3 Å². The lowest BCUT2D eigenvalue weighted by Gasteiger charge is -2.16. The Morgan fingerprint density at radius 2 is 2.06 bits per heavy atom. The third-order valence-electron chi connectivity index (χ3n) is 2.27. The van der Waals surface area contributed by atoms with E-state index in [1.54, 1.807) is 0 Å². The summed E-state index contributed by atoms with van der Waals surface area (Å²) in [6, 6.07) is 0. The molecule has 2 N–H and O–H groups in total. The van der Waals surface area contributed by atoms with Crippen LogP contribution in [0.3, 0.4) is 0 Å². The molecule has 0 aliphatic carbocycles. The molecule has 0 aromatic carbocycles. The SMILES string of the molecule is CCCC(OCC)c1nc(C)c(Br)c(N)n1. The van der Waals surface area contributed by atoms with Gasteiger partial charge in [0.15, 0.2) is 5.82 Å². The van der Waals surface area contributed by atoms with Gasteiger partial charge in [0.2, 0.25) is 0 Å². The molecule has 0 amide bonds. The molecule has 5 heteroatoms. The molecular weight excluding hydrogens is 270 g/mol. The van der Waals surface area contributed by atoms with E-state index in [-0.39, 0.29) is 6.10 Å². The van der Waals surface area contributed by atoms with E-state index in [4.69, 9.17) is 10.5 Å². The van der Waals surface area contributed by atoms with Gasteiger partial charge >= 0.3 is 0 Å². The summed E-state index contributed by atoms with van der Waals surface area (Å²) >= 11 is 3.35. The number of nitrogens with zero attached hydrogens (tertiary/aromatic N) is 2. The highest BCUT2D eigenvalue weighted by atomic mass is 79.9. The van der Waals surface area contributed by atoms with Crippen LogP contribution >= 0.6 is 15.9 Å². The molecule has 0 saturated carbocycles. The van der Waals surface area contributed by atoms with Crippen LogP contribution in [0.2, 0.25) is 0 Å². The van der Waals surface area contributed by atoms with Crippen LogP contribution in [-0.4, -0.2) is 16.6 Å². The Bertz CT molecular complexity index is 328. The topological polar surface area (TPSA) is 61.0 Å². The van der Waals surface area contributed by atoms with Crippen molar-refractivity contribution in [3.05, 3.63) is 16.0 Å². The molecular formula is C11H18BrN3O. The number of hydrogen-bond donors (Lipinski definition) is 1. The van der Waals surface area contributed by atoms with Crippen molar-refractivity contribution in [3.63, 3.8) is 0 Å². The predicted octanol–water partition coefficient (Wildman–Crippen LogP) is 3.01. The summed E-state index contributed by atoms with van der Waals surface area (Å²) in [5.74, 6) is 1.16. The Labute approximate surface area is 105 Å². The molecule has 90 valence electrons. The molecule has 0 fully saturated rings. The quantitative estimate of drug-likeness (QED) is 0.904. The zero-order valence-corrected chi connectivity index (χ0v) is 11.5. The molecule has 4 nitrogen and oxygen atoms in total. The summed E-state index contributed by atoms with van der Waals surface area (Å²) < 4.78 is 6.39. The minimum atomic E-state index is -0.0518. The van der Waals surface area contributed by atoms with E-state index in [2.05, 4.69) is 32.8 Å². The fourth-order valence-electron chi connectivity index (χ4n) is 1.50. The van der Waals surface area contributed by atoms with E-state index in [0.717, 1.165) is 23.0 Å². The summed E-state index contributed by atoms with van der Waals surface area (Å²) in [7, 11) is 0. The van der Waals surface area contributed by atoms with Crippen molar-refractivity contribution in [1.82, 2.24) is 9.97 Å². The van der Waals surface area contributed by atoms with Gasteiger partial charge in [-0.15, -0.1) is 0 Å². The predicted molar refractivity (Wildman–Crippen MR) is 68.2 cm³/mol. The highest BCUT2D eigenvalue weighted by Crippen LogP contribution is 2.25. The largest absolute Gasteiger partial charge is 0.383 e. The number of anilines is 1. The number of halogens is 1. The number of rotatable bonds is 5. The first-order valence-corrected chi connectivity index (χ1v) is 6.30. The van der Waals surface area contributed by atoms with Crippen LogP contribution in [-0.2, 0) is 4.74 Å². The van der Waals surface area contributed by atoms with Crippen molar-refractivity contribution in [1.29, 1.82) is 0 Å². The molecule has 1 aromatic heterocycles. The third kappa shape index (κ3) is 3.15. The fraction of sp³-hybridized carbons (Fsp3) is 0.636. The minimum absolute atomic E-state index is 0.0518. The summed E-state index contributed by atoms with van der Waals surface area (Å²) in [6.07, 6.45) is 1.89. The van der Waals surface area contributed by atoms with Gasteiger partial charge in [0.25, 0.3) is 0 Å².